The van der Waals surface area contributed by atoms with Crippen LogP contribution >= 0.6 is 0 Å². The van der Waals surface area contributed by atoms with Crippen LogP contribution in [0.5, 0.6) is 0 Å². The molecular formula is C23H17FN6O. The third kappa shape index (κ3) is 3.55. The monoisotopic (exact) mass is 412 g/mol. The Balaban J connectivity index is 1.52. The van der Waals surface area contributed by atoms with Gasteiger partial charge in [-0.25, -0.2) is 14.1 Å². The number of nitrogens with zero attached hydrogens (tertiary/aromatic N) is 5. The van der Waals surface area contributed by atoms with Gasteiger partial charge in [-0.1, -0.05) is 30.3 Å². The lowest BCUT2D eigenvalue weighted by Crippen LogP contribution is -2.23. The highest BCUT2D eigenvalue weighted by molar-refractivity contribution is 5.99. The van der Waals surface area contributed by atoms with Gasteiger partial charge in [0.15, 0.2) is 11.5 Å². The summed E-state index contributed by atoms with van der Waals surface area (Å²) in [6.07, 6.45) is 6.70. The number of carbonyl (C=O) groups excluding carboxylic acids is 1. The zero-order chi connectivity index (χ0) is 21.2. The maximum absolute atomic E-state index is 13.1. The molecular weight excluding hydrogens is 395 g/mol. The molecule has 0 aliphatic rings. The fraction of sp³-hybridized carbons (Fsp3) is 0.0435. The summed E-state index contributed by atoms with van der Waals surface area (Å²) < 4.78 is 16.7. The molecule has 0 saturated heterocycles. The van der Waals surface area contributed by atoms with E-state index in [2.05, 4.69) is 20.4 Å². The van der Waals surface area contributed by atoms with Gasteiger partial charge in [0, 0.05) is 18.9 Å². The number of hydrogen-bond acceptors (Lipinski definition) is 4. The van der Waals surface area contributed by atoms with Crippen LogP contribution in [0.1, 0.15) is 16.1 Å². The summed E-state index contributed by atoms with van der Waals surface area (Å²) in [5, 5.41) is 7.27. The highest BCUT2D eigenvalue weighted by Gasteiger charge is 2.21. The van der Waals surface area contributed by atoms with Gasteiger partial charge in [-0.3, -0.25) is 14.2 Å². The summed E-state index contributed by atoms with van der Waals surface area (Å²) in [7, 11) is 0. The number of carbonyl (C=O) groups is 1. The molecule has 8 heteroatoms. The lowest BCUT2D eigenvalue weighted by Gasteiger charge is -2.06. The van der Waals surface area contributed by atoms with Crippen LogP contribution in [-0.2, 0) is 6.54 Å². The van der Waals surface area contributed by atoms with Gasteiger partial charge in [-0.15, -0.1) is 0 Å². The minimum absolute atomic E-state index is 0.256. The fourth-order valence-electron chi connectivity index (χ4n) is 3.40. The highest BCUT2D eigenvalue weighted by atomic mass is 19.1. The van der Waals surface area contributed by atoms with Crippen molar-refractivity contribution in [2.24, 2.45) is 0 Å². The van der Waals surface area contributed by atoms with E-state index in [4.69, 9.17) is 0 Å². The van der Waals surface area contributed by atoms with E-state index in [9.17, 15) is 9.18 Å². The molecule has 0 bridgehead atoms. The second-order valence-corrected chi connectivity index (χ2v) is 6.89. The predicted octanol–water partition coefficient (Wildman–Crippen LogP) is 3.65. The first-order valence-corrected chi connectivity index (χ1v) is 9.65. The number of rotatable bonds is 5. The van der Waals surface area contributed by atoms with Crippen LogP contribution in [-0.4, -0.2) is 30.1 Å². The van der Waals surface area contributed by atoms with Crippen molar-refractivity contribution in [1.29, 1.82) is 0 Å². The second kappa shape index (κ2) is 7.83. The SMILES string of the molecule is O=C(NCc1ccc(F)cc1)c1nc(-c2ccnn2-c2ccccc2)n2ccncc12. The average molecular weight is 412 g/mol. The smallest absolute Gasteiger partial charge is 0.272 e. The number of amides is 1. The summed E-state index contributed by atoms with van der Waals surface area (Å²) in [6, 6.07) is 17.5. The Morgan fingerprint density at radius 3 is 2.61 bits per heavy atom. The lowest BCUT2D eigenvalue weighted by molar-refractivity contribution is 0.0948. The minimum Gasteiger partial charge on any atom is -0.347 e. The lowest BCUT2D eigenvalue weighted by atomic mass is 10.2. The van der Waals surface area contributed by atoms with E-state index < -0.39 is 0 Å². The number of imidazole rings is 1. The minimum atomic E-state index is -0.341. The molecule has 0 spiro atoms. The molecule has 0 saturated carbocycles. The van der Waals surface area contributed by atoms with Crippen LogP contribution in [0.15, 0.2) is 85.5 Å². The normalized spacial score (nSPS) is 11.0. The van der Waals surface area contributed by atoms with E-state index in [0.717, 1.165) is 16.9 Å². The number of hydrogen-bond donors (Lipinski definition) is 1. The number of benzene rings is 2. The van der Waals surface area contributed by atoms with Gasteiger partial charge >= 0.3 is 0 Å². The Morgan fingerprint density at radius 1 is 1.00 bits per heavy atom. The van der Waals surface area contributed by atoms with Crippen molar-refractivity contribution in [2.75, 3.05) is 0 Å². The summed E-state index contributed by atoms with van der Waals surface area (Å²) in [5.41, 5.74) is 3.25. The molecule has 5 rings (SSSR count). The number of nitrogens with one attached hydrogen (secondary N) is 1. The van der Waals surface area contributed by atoms with Gasteiger partial charge in [0.25, 0.3) is 5.91 Å². The third-order valence-electron chi connectivity index (χ3n) is 4.90. The average Bonchev–Trinajstić information content (AvgIpc) is 3.44. The van der Waals surface area contributed by atoms with E-state index in [0.29, 0.717) is 11.3 Å². The second-order valence-electron chi connectivity index (χ2n) is 6.89. The maximum atomic E-state index is 13.1. The Bertz CT molecular complexity index is 1360. The van der Waals surface area contributed by atoms with Crippen LogP contribution in [0.4, 0.5) is 4.39 Å². The molecule has 0 atom stereocenters. The molecule has 5 aromatic rings. The molecule has 1 N–H and O–H groups in total. The largest absolute Gasteiger partial charge is 0.347 e. The zero-order valence-electron chi connectivity index (χ0n) is 16.3. The molecule has 2 aromatic carbocycles. The van der Waals surface area contributed by atoms with Crippen LogP contribution in [0.2, 0.25) is 0 Å². The van der Waals surface area contributed by atoms with Crippen LogP contribution in [0, 0.1) is 5.82 Å². The Hall–Kier alpha value is -4.33. The van der Waals surface area contributed by atoms with Crippen LogP contribution in [0.25, 0.3) is 22.7 Å². The summed E-state index contributed by atoms with van der Waals surface area (Å²) in [5.74, 6) is -0.0848. The van der Waals surface area contributed by atoms with Gasteiger partial charge < -0.3 is 5.32 Å². The van der Waals surface area contributed by atoms with Gasteiger partial charge in [-0.05, 0) is 35.9 Å². The third-order valence-corrected chi connectivity index (χ3v) is 4.90. The number of para-hydroxylation sites is 1. The van der Waals surface area contributed by atoms with E-state index in [1.54, 1.807) is 41.6 Å². The van der Waals surface area contributed by atoms with Crippen molar-refractivity contribution in [3.8, 4) is 17.2 Å². The van der Waals surface area contributed by atoms with Crippen molar-refractivity contribution in [1.82, 2.24) is 29.5 Å². The standard InChI is InChI=1S/C23H17FN6O/c24-17-8-6-16(7-9-17)14-26-23(31)21-20-15-25-12-13-29(20)22(28-21)19-10-11-27-30(19)18-4-2-1-3-5-18/h1-13,15H,14H2,(H,26,31). The van der Waals surface area contributed by atoms with Crippen molar-refractivity contribution in [2.45, 2.75) is 6.54 Å². The maximum Gasteiger partial charge on any atom is 0.272 e. The molecule has 0 fully saturated rings. The number of halogens is 1. The Kier molecular flexibility index (Phi) is 4.72. The number of fused-ring (bicyclic) bond motifs is 1. The van der Waals surface area contributed by atoms with E-state index in [1.165, 1.54) is 12.1 Å². The van der Waals surface area contributed by atoms with Crippen molar-refractivity contribution in [3.05, 3.63) is 103 Å². The van der Waals surface area contributed by atoms with Gasteiger partial charge in [0.1, 0.15) is 11.5 Å². The van der Waals surface area contributed by atoms with E-state index >= 15 is 0 Å². The van der Waals surface area contributed by atoms with Gasteiger partial charge in [-0.2, -0.15) is 5.10 Å². The molecule has 7 nitrogen and oxygen atoms in total. The molecule has 0 aliphatic heterocycles. The zero-order valence-corrected chi connectivity index (χ0v) is 16.3. The van der Waals surface area contributed by atoms with Crippen molar-refractivity contribution >= 4 is 11.4 Å². The van der Waals surface area contributed by atoms with E-state index in [-0.39, 0.29) is 24.0 Å². The first kappa shape index (κ1) is 18.7. The molecule has 3 heterocycles. The molecule has 0 aliphatic carbocycles. The van der Waals surface area contributed by atoms with Crippen molar-refractivity contribution < 1.29 is 9.18 Å². The molecule has 0 radical (unpaired) electrons. The predicted molar refractivity (Wildman–Crippen MR) is 113 cm³/mol. The summed E-state index contributed by atoms with van der Waals surface area (Å²) in [6.45, 7) is 0.260. The highest BCUT2D eigenvalue weighted by Crippen LogP contribution is 2.24. The van der Waals surface area contributed by atoms with Gasteiger partial charge in [0.2, 0.25) is 0 Å². The molecule has 31 heavy (non-hydrogen) atoms. The van der Waals surface area contributed by atoms with Crippen LogP contribution in [0.3, 0.4) is 0 Å². The topological polar surface area (TPSA) is 77.1 Å². The molecule has 1 amide bonds. The van der Waals surface area contributed by atoms with Crippen LogP contribution < -0.4 is 5.32 Å². The fourth-order valence-corrected chi connectivity index (χ4v) is 3.40. The quantitative estimate of drug-likeness (QED) is 0.478. The number of aromatic nitrogens is 5. The van der Waals surface area contributed by atoms with Gasteiger partial charge in [0.05, 0.1) is 23.6 Å². The Labute approximate surface area is 176 Å². The molecule has 3 aromatic heterocycles. The molecule has 152 valence electrons. The summed E-state index contributed by atoms with van der Waals surface area (Å²) in [4.78, 5) is 21.7. The first-order valence-electron chi connectivity index (χ1n) is 9.65. The summed E-state index contributed by atoms with van der Waals surface area (Å²) >= 11 is 0. The van der Waals surface area contributed by atoms with Crippen molar-refractivity contribution in [3.63, 3.8) is 0 Å². The first-order chi connectivity index (χ1) is 15.2. The van der Waals surface area contributed by atoms with E-state index in [1.807, 2.05) is 40.8 Å². The molecule has 0 unspecified atom stereocenters. The Morgan fingerprint density at radius 2 is 1.81 bits per heavy atom.